The minimum Gasteiger partial charge on any atom is -0.497 e. The second-order valence-corrected chi connectivity index (χ2v) is 3.64. The summed E-state index contributed by atoms with van der Waals surface area (Å²) >= 11 is 0. The molecule has 0 amide bonds. The van der Waals surface area contributed by atoms with Gasteiger partial charge in [-0.2, -0.15) is 0 Å². The van der Waals surface area contributed by atoms with Gasteiger partial charge in [0, 0.05) is 5.56 Å². The zero-order chi connectivity index (χ0) is 13.8. The smallest absolute Gasteiger partial charge is 0.354 e. The average molecular weight is 260 g/mol. The summed E-state index contributed by atoms with van der Waals surface area (Å²) in [6.45, 7) is 0. The molecule has 4 N–H and O–H groups in total. The number of benzene rings is 1. The number of carbonyl (C=O) groups is 1. The molecule has 0 radical (unpaired) electrons. The molecule has 2 aromatic rings. The van der Waals surface area contributed by atoms with Gasteiger partial charge in [-0.25, -0.2) is 20.6 Å². The van der Waals surface area contributed by atoms with Crippen LogP contribution >= 0.6 is 0 Å². The van der Waals surface area contributed by atoms with Crippen LogP contribution in [-0.4, -0.2) is 28.2 Å². The van der Waals surface area contributed by atoms with Crippen molar-refractivity contribution >= 4 is 11.9 Å². The van der Waals surface area contributed by atoms with Gasteiger partial charge >= 0.3 is 5.97 Å². The molecular weight excluding hydrogens is 248 g/mol. The molecule has 0 aliphatic rings. The molecule has 0 aliphatic heterocycles. The van der Waals surface area contributed by atoms with Crippen LogP contribution in [0.15, 0.2) is 30.3 Å². The Labute approximate surface area is 109 Å². The first-order valence-corrected chi connectivity index (χ1v) is 5.37. The third-order valence-corrected chi connectivity index (χ3v) is 2.46. The number of nitrogens with two attached hydrogens (primary N) is 1. The van der Waals surface area contributed by atoms with E-state index in [-0.39, 0.29) is 11.6 Å². The molecule has 0 fully saturated rings. The van der Waals surface area contributed by atoms with Crippen LogP contribution in [0.3, 0.4) is 0 Å². The molecule has 1 heterocycles. The largest absolute Gasteiger partial charge is 0.497 e. The molecule has 2 rings (SSSR count). The van der Waals surface area contributed by atoms with Crippen LogP contribution < -0.4 is 16.0 Å². The Morgan fingerprint density at radius 2 is 2.00 bits per heavy atom. The van der Waals surface area contributed by atoms with Gasteiger partial charge in [0.25, 0.3) is 0 Å². The monoisotopic (exact) mass is 260 g/mol. The summed E-state index contributed by atoms with van der Waals surface area (Å²) in [5.41, 5.74) is 3.31. The highest BCUT2D eigenvalue weighted by atomic mass is 16.5. The standard InChI is InChI=1S/C12H12N4O3/c1-19-8-4-2-7(3-5-8)9-6-10(11(17)18)15-12(14-9)16-13/h2-6H,13H2,1H3,(H,17,18)(H,14,15,16). The summed E-state index contributed by atoms with van der Waals surface area (Å²) in [5.74, 6) is 4.83. The van der Waals surface area contributed by atoms with Crippen molar-refractivity contribution in [3.63, 3.8) is 0 Å². The lowest BCUT2D eigenvalue weighted by atomic mass is 10.1. The molecule has 0 spiro atoms. The number of nitrogens with zero attached hydrogens (tertiary/aromatic N) is 2. The zero-order valence-corrected chi connectivity index (χ0v) is 10.1. The number of hydrogen-bond acceptors (Lipinski definition) is 6. The van der Waals surface area contributed by atoms with Crippen LogP contribution in [-0.2, 0) is 0 Å². The van der Waals surface area contributed by atoms with Crippen LogP contribution in [0.4, 0.5) is 5.95 Å². The van der Waals surface area contributed by atoms with E-state index in [0.29, 0.717) is 11.4 Å². The summed E-state index contributed by atoms with van der Waals surface area (Å²) in [4.78, 5) is 18.8. The van der Waals surface area contributed by atoms with Gasteiger partial charge < -0.3 is 9.84 Å². The van der Waals surface area contributed by atoms with E-state index in [1.807, 2.05) is 0 Å². The highest BCUT2D eigenvalue weighted by Gasteiger charge is 2.11. The number of aromatic nitrogens is 2. The lowest BCUT2D eigenvalue weighted by Gasteiger charge is -2.06. The molecule has 7 heteroatoms. The van der Waals surface area contributed by atoms with Crippen molar-refractivity contribution in [1.82, 2.24) is 9.97 Å². The fourth-order valence-electron chi connectivity index (χ4n) is 1.53. The van der Waals surface area contributed by atoms with E-state index in [1.165, 1.54) is 6.07 Å². The number of carboxylic acid groups (broad SMARTS) is 1. The van der Waals surface area contributed by atoms with Crippen LogP contribution in [0, 0.1) is 0 Å². The maximum Gasteiger partial charge on any atom is 0.354 e. The average Bonchev–Trinajstić information content (AvgIpc) is 2.46. The van der Waals surface area contributed by atoms with Crippen LogP contribution in [0.2, 0.25) is 0 Å². The lowest BCUT2D eigenvalue weighted by Crippen LogP contribution is -2.13. The van der Waals surface area contributed by atoms with Gasteiger partial charge in [0.2, 0.25) is 5.95 Å². The zero-order valence-electron chi connectivity index (χ0n) is 10.1. The fraction of sp³-hybridized carbons (Fsp3) is 0.0833. The molecule has 19 heavy (non-hydrogen) atoms. The minimum absolute atomic E-state index is 0.0470. The number of nitrogens with one attached hydrogen (secondary N) is 1. The molecule has 0 bridgehead atoms. The van der Waals surface area contributed by atoms with Crippen LogP contribution in [0.25, 0.3) is 11.3 Å². The summed E-state index contributed by atoms with van der Waals surface area (Å²) in [5, 5.41) is 8.98. The molecule has 98 valence electrons. The minimum atomic E-state index is -1.14. The van der Waals surface area contributed by atoms with E-state index in [9.17, 15) is 4.79 Å². The third-order valence-electron chi connectivity index (χ3n) is 2.46. The number of carboxylic acids is 1. The van der Waals surface area contributed by atoms with Crippen molar-refractivity contribution in [3.8, 4) is 17.0 Å². The SMILES string of the molecule is COc1ccc(-c2cc(C(=O)O)nc(NN)n2)cc1. The number of hydrogen-bond donors (Lipinski definition) is 3. The topological polar surface area (TPSA) is 110 Å². The Kier molecular flexibility index (Phi) is 3.58. The number of ether oxygens (including phenoxy) is 1. The number of nitrogen functional groups attached to an aromatic ring is 1. The second kappa shape index (κ2) is 5.32. The van der Waals surface area contributed by atoms with Gasteiger partial charge in [-0.05, 0) is 30.3 Å². The molecule has 0 saturated carbocycles. The Bertz CT molecular complexity index is 598. The Hall–Kier alpha value is -2.67. The Morgan fingerprint density at radius 3 is 2.53 bits per heavy atom. The first-order valence-electron chi connectivity index (χ1n) is 5.37. The molecular formula is C12H12N4O3. The number of rotatable bonds is 4. The van der Waals surface area contributed by atoms with Gasteiger partial charge in [0.15, 0.2) is 5.69 Å². The van der Waals surface area contributed by atoms with Crippen molar-refractivity contribution in [2.75, 3.05) is 12.5 Å². The molecule has 0 saturated heterocycles. The lowest BCUT2D eigenvalue weighted by molar-refractivity contribution is 0.0690. The van der Waals surface area contributed by atoms with Gasteiger partial charge in [-0.15, -0.1) is 0 Å². The first-order chi connectivity index (χ1) is 9.13. The highest BCUT2D eigenvalue weighted by Crippen LogP contribution is 2.22. The molecule has 1 aromatic heterocycles. The number of aromatic carboxylic acids is 1. The first kappa shape index (κ1) is 12.8. The van der Waals surface area contributed by atoms with Gasteiger partial charge in [-0.3, -0.25) is 5.43 Å². The third kappa shape index (κ3) is 2.78. The van der Waals surface area contributed by atoms with E-state index < -0.39 is 5.97 Å². The maximum atomic E-state index is 11.0. The normalized spacial score (nSPS) is 10.0. The van der Waals surface area contributed by atoms with E-state index in [0.717, 1.165) is 5.56 Å². The molecule has 7 nitrogen and oxygen atoms in total. The second-order valence-electron chi connectivity index (χ2n) is 3.64. The van der Waals surface area contributed by atoms with Crippen LogP contribution in [0.1, 0.15) is 10.5 Å². The number of anilines is 1. The van der Waals surface area contributed by atoms with Crippen molar-refractivity contribution in [1.29, 1.82) is 0 Å². The maximum absolute atomic E-state index is 11.0. The van der Waals surface area contributed by atoms with Crippen LogP contribution in [0.5, 0.6) is 5.75 Å². The summed E-state index contributed by atoms with van der Waals surface area (Å²) < 4.78 is 5.05. The molecule has 1 aromatic carbocycles. The summed E-state index contributed by atoms with van der Waals surface area (Å²) in [6, 6.07) is 8.44. The van der Waals surface area contributed by atoms with Crippen molar-refractivity contribution < 1.29 is 14.6 Å². The van der Waals surface area contributed by atoms with E-state index in [2.05, 4.69) is 15.4 Å². The molecule has 0 aliphatic carbocycles. The van der Waals surface area contributed by atoms with Gasteiger partial charge in [-0.1, -0.05) is 0 Å². The van der Waals surface area contributed by atoms with Gasteiger partial charge in [0.1, 0.15) is 5.75 Å². The fourth-order valence-corrected chi connectivity index (χ4v) is 1.53. The predicted molar refractivity (Wildman–Crippen MR) is 68.8 cm³/mol. The predicted octanol–water partition coefficient (Wildman–Crippen LogP) is 1.14. The number of hydrazine groups is 1. The quantitative estimate of drug-likeness (QED) is 0.558. The van der Waals surface area contributed by atoms with E-state index >= 15 is 0 Å². The summed E-state index contributed by atoms with van der Waals surface area (Å²) in [6.07, 6.45) is 0. The summed E-state index contributed by atoms with van der Waals surface area (Å²) in [7, 11) is 1.57. The number of methoxy groups -OCH3 is 1. The van der Waals surface area contributed by atoms with Crippen molar-refractivity contribution in [2.45, 2.75) is 0 Å². The van der Waals surface area contributed by atoms with Crippen molar-refractivity contribution in [2.24, 2.45) is 5.84 Å². The molecule has 0 atom stereocenters. The molecule has 0 unspecified atom stereocenters. The van der Waals surface area contributed by atoms with Gasteiger partial charge in [0.05, 0.1) is 12.8 Å². The van der Waals surface area contributed by atoms with E-state index in [4.69, 9.17) is 15.7 Å². The van der Waals surface area contributed by atoms with Crippen molar-refractivity contribution in [3.05, 3.63) is 36.0 Å². The highest BCUT2D eigenvalue weighted by molar-refractivity contribution is 5.87. The van der Waals surface area contributed by atoms with E-state index in [1.54, 1.807) is 31.4 Å². The Balaban J connectivity index is 2.47. The Morgan fingerprint density at radius 1 is 1.32 bits per heavy atom.